The van der Waals surface area contributed by atoms with Gasteiger partial charge < -0.3 is 15.0 Å². The number of methoxy groups -OCH3 is 1. The average molecular weight is 631 g/mol. The highest BCUT2D eigenvalue weighted by Crippen LogP contribution is 2.30. The number of carbonyl (C=O) groups is 2. The van der Waals surface area contributed by atoms with E-state index in [2.05, 4.69) is 5.32 Å². The molecule has 0 unspecified atom stereocenters. The molecule has 3 aromatic carbocycles. The third kappa shape index (κ3) is 8.02. The topological polar surface area (TPSA) is 139 Å². The quantitative estimate of drug-likeness (QED) is 0.205. The first-order chi connectivity index (χ1) is 20.3. The van der Waals surface area contributed by atoms with E-state index in [1.807, 2.05) is 13.8 Å². The largest absolute Gasteiger partial charge is 0.497 e. The Hall–Kier alpha value is -4.16. The van der Waals surface area contributed by atoms with E-state index < -0.39 is 39.3 Å². The van der Waals surface area contributed by atoms with Crippen molar-refractivity contribution in [1.82, 2.24) is 10.2 Å². The summed E-state index contributed by atoms with van der Waals surface area (Å²) in [7, 11) is -3.06. The summed E-state index contributed by atoms with van der Waals surface area (Å²) in [5.74, 6) is -0.649. The molecular formula is C30H35ClN4O7S. The van der Waals surface area contributed by atoms with Crippen molar-refractivity contribution in [2.24, 2.45) is 0 Å². The minimum Gasteiger partial charge on any atom is -0.497 e. The molecule has 0 spiro atoms. The lowest BCUT2D eigenvalue weighted by atomic mass is 10.1. The normalized spacial score (nSPS) is 12.6. The predicted molar refractivity (Wildman–Crippen MR) is 165 cm³/mol. The van der Waals surface area contributed by atoms with Gasteiger partial charge in [0.2, 0.25) is 11.8 Å². The zero-order valence-corrected chi connectivity index (χ0v) is 26.2. The first-order valence-corrected chi connectivity index (χ1v) is 15.4. The van der Waals surface area contributed by atoms with E-state index >= 15 is 0 Å². The number of nitrogens with zero attached hydrogens (tertiary/aromatic N) is 3. The van der Waals surface area contributed by atoms with Crippen LogP contribution in [0.2, 0.25) is 5.02 Å². The first kappa shape index (κ1) is 33.3. The molecule has 0 heterocycles. The van der Waals surface area contributed by atoms with Crippen molar-refractivity contribution in [2.45, 2.75) is 57.6 Å². The third-order valence-corrected chi connectivity index (χ3v) is 9.21. The zero-order valence-electron chi connectivity index (χ0n) is 24.6. The van der Waals surface area contributed by atoms with Crippen LogP contribution in [0.4, 0.5) is 11.4 Å². The molecule has 2 atom stereocenters. The van der Waals surface area contributed by atoms with E-state index in [-0.39, 0.29) is 34.4 Å². The Morgan fingerprint density at radius 2 is 1.72 bits per heavy atom. The van der Waals surface area contributed by atoms with E-state index in [1.54, 1.807) is 31.2 Å². The molecule has 43 heavy (non-hydrogen) atoms. The van der Waals surface area contributed by atoms with Crippen LogP contribution >= 0.6 is 11.6 Å². The molecule has 11 nitrogen and oxygen atoms in total. The maximum Gasteiger partial charge on any atom is 0.273 e. The molecule has 0 radical (unpaired) electrons. The molecule has 0 aliphatic rings. The molecule has 13 heteroatoms. The number of nitro benzene ring substituents is 1. The van der Waals surface area contributed by atoms with Gasteiger partial charge in [0.25, 0.3) is 15.7 Å². The van der Waals surface area contributed by atoms with Crippen LogP contribution in [0.15, 0.2) is 71.6 Å². The summed E-state index contributed by atoms with van der Waals surface area (Å²) in [4.78, 5) is 39.0. The van der Waals surface area contributed by atoms with Gasteiger partial charge in [-0.05, 0) is 69.2 Å². The van der Waals surface area contributed by atoms with E-state index in [4.69, 9.17) is 16.3 Å². The Labute approximate surface area is 256 Å². The fraction of sp³-hybridized carbons (Fsp3) is 0.333. The molecular weight excluding hydrogens is 596 g/mol. The number of benzene rings is 3. The number of amides is 2. The van der Waals surface area contributed by atoms with Crippen LogP contribution in [0.1, 0.15) is 38.3 Å². The van der Waals surface area contributed by atoms with Gasteiger partial charge in [0.1, 0.15) is 18.3 Å². The van der Waals surface area contributed by atoms with Crippen molar-refractivity contribution in [1.29, 1.82) is 0 Å². The highest BCUT2D eigenvalue weighted by molar-refractivity contribution is 7.92. The van der Waals surface area contributed by atoms with Gasteiger partial charge >= 0.3 is 0 Å². The molecule has 230 valence electrons. The summed E-state index contributed by atoms with van der Waals surface area (Å²) in [6.07, 6.45) is 0.670. The summed E-state index contributed by atoms with van der Waals surface area (Å²) in [6, 6.07) is 15.2. The molecule has 3 rings (SSSR count). The molecule has 2 amide bonds. The molecule has 0 saturated heterocycles. The van der Waals surface area contributed by atoms with Crippen LogP contribution in [0.3, 0.4) is 0 Å². The first-order valence-electron chi connectivity index (χ1n) is 13.5. The molecule has 3 aromatic rings. The number of halogens is 1. The summed E-state index contributed by atoms with van der Waals surface area (Å²) >= 11 is 6.39. The second-order valence-corrected chi connectivity index (χ2v) is 12.3. The van der Waals surface area contributed by atoms with Crippen LogP contribution in [0, 0.1) is 17.0 Å². The van der Waals surface area contributed by atoms with Crippen LogP contribution in [0.5, 0.6) is 5.75 Å². The Morgan fingerprint density at radius 3 is 2.30 bits per heavy atom. The van der Waals surface area contributed by atoms with Crippen molar-refractivity contribution in [3.8, 4) is 5.75 Å². The summed E-state index contributed by atoms with van der Waals surface area (Å²) in [5.41, 5.74) is 0.585. The Balaban J connectivity index is 2.10. The average Bonchev–Trinajstić information content (AvgIpc) is 2.98. The maximum absolute atomic E-state index is 14.0. The fourth-order valence-electron chi connectivity index (χ4n) is 4.21. The number of aryl methyl sites for hydroxylation is 1. The lowest BCUT2D eigenvalue weighted by Gasteiger charge is -2.32. The van der Waals surface area contributed by atoms with Crippen LogP contribution in [-0.2, 0) is 26.2 Å². The number of hydrogen-bond donors (Lipinski definition) is 1. The number of rotatable bonds is 13. The number of carbonyl (C=O) groups excluding carboxylic acids is 2. The van der Waals surface area contributed by atoms with Gasteiger partial charge in [0.15, 0.2) is 0 Å². The van der Waals surface area contributed by atoms with Gasteiger partial charge in [-0.15, -0.1) is 0 Å². The Kier molecular flexibility index (Phi) is 11.1. The standard InChI is InChI=1S/C30H35ClN4O7S/c1-6-21(3)32-30(37)22(4)33(18-23-9-7-8-10-27(23)31)29(36)19-34(24-12-14-25(42-5)15-13-24)43(40,41)26-16-11-20(2)28(17-26)35(38)39/h7-17,21-22H,6,18-19H2,1-5H3,(H,32,37)/t21-,22-/m1/s1. The van der Waals surface area contributed by atoms with Crippen molar-refractivity contribution in [3.05, 3.63) is 93.0 Å². The fourth-order valence-corrected chi connectivity index (χ4v) is 5.84. The molecule has 1 N–H and O–H groups in total. The van der Waals surface area contributed by atoms with Gasteiger partial charge in [-0.1, -0.05) is 42.8 Å². The highest BCUT2D eigenvalue weighted by atomic mass is 35.5. The lowest BCUT2D eigenvalue weighted by Crippen LogP contribution is -2.52. The van der Waals surface area contributed by atoms with Gasteiger partial charge in [0.05, 0.1) is 22.6 Å². The third-order valence-electron chi connectivity index (χ3n) is 7.07. The summed E-state index contributed by atoms with van der Waals surface area (Å²) < 4.78 is 34.1. The number of ether oxygens (including phenoxy) is 1. The van der Waals surface area contributed by atoms with Crippen LogP contribution in [-0.4, -0.2) is 55.8 Å². The van der Waals surface area contributed by atoms with Crippen LogP contribution in [0.25, 0.3) is 0 Å². The predicted octanol–water partition coefficient (Wildman–Crippen LogP) is 5.09. The van der Waals surface area contributed by atoms with Crippen molar-refractivity contribution >= 4 is 44.8 Å². The van der Waals surface area contributed by atoms with Gasteiger partial charge in [-0.3, -0.25) is 24.0 Å². The smallest absolute Gasteiger partial charge is 0.273 e. The van der Waals surface area contributed by atoms with Crippen LogP contribution < -0.4 is 14.4 Å². The Morgan fingerprint density at radius 1 is 1.07 bits per heavy atom. The molecule has 0 aromatic heterocycles. The zero-order chi connectivity index (χ0) is 31.9. The van der Waals surface area contributed by atoms with E-state index in [0.717, 1.165) is 10.4 Å². The second kappa shape index (κ2) is 14.3. The number of anilines is 1. The van der Waals surface area contributed by atoms with Crippen molar-refractivity contribution in [2.75, 3.05) is 18.0 Å². The second-order valence-electron chi connectivity index (χ2n) is 10.0. The molecule has 0 saturated carbocycles. The van der Waals surface area contributed by atoms with Gasteiger partial charge in [0, 0.05) is 29.2 Å². The number of hydrogen-bond acceptors (Lipinski definition) is 7. The lowest BCUT2D eigenvalue weighted by molar-refractivity contribution is -0.385. The van der Waals surface area contributed by atoms with Crippen molar-refractivity contribution in [3.63, 3.8) is 0 Å². The number of nitro groups is 1. The van der Waals surface area contributed by atoms with Gasteiger partial charge in [-0.25, -0.2) is 8.42 Å². The SMILES string of the molecule is CC[C@@H](C)NC(=O)[C@@H](C)N(Cc1ccccc1Cl)C(=O)CN(c1ccc(OC)cc1)S(=O)(=O)c1ccc(C)c([N+](=O)[O-])c1. The number of sulfonamides is 1. The maximum atomic E-state index is 14.0. The summed E-state index contributed by atoms with van der Waals surface area (Å²) in [6.45, 7) is 6.03. The summed E-state index contributed by atoms with van der Waals surface area (Å²) in [5, 5.41) is 14.8. The minimum absolute atomic E-state index is 0.0693. The van der Waals surface area contributed by atoms with Crippen molar-refractivity contribution < 1.29 is 27.7 Å². The molecule has 0 bridgehead atoms. The van der Waals surface area contributed by atoms with Gasteiger partial charge in [-0.2, -0.15) is 0 Å². The van der Waals surface area contributed by atoms with E-state index in [1.165, 1.54) is 55.3 Å². The minimum atomic E-state index is -4.51. The molecule has 0 aliphatic heterocycles. The Bertz CT molecular complexity index is 1580. The van der Waals surface area contributed by atoms with E-state index in [9.17, 15) is 28.1 Å². The monoisotopic (exact) mass is 630 g/mol. The molecule has 0 aliphatic carbocycles. The molecule has 0 fully saturated rings. The highest BCUT2D eigenvalue weighted by Gasteiger charge is 2.34. The van der Waals surface area contributed by atoms with E-state index in [0.29, 0.717) is 22.8 Å². The number of nitrogens with one attached hydrogen (secondary N) is 1.